The second-order valence-corrected chi connectivity index (χ2v) is 7.15. The van der Waals surface area contributed by atoms with Crippen LogP contribution in [0.4, 0.5) is 0 Å². The molecule has 22 heavy (non-hydrogen) atoms. The SMILES string of the molecule is C[N+]1(C)CCCC1.C[N+]1(C)CCCC1.O=C([O-])C=CC(=O)[O-]. The molecule has 2 aliphatic rings. The standard InChI is InChI=1S/2C6H14N.C4H4O4/c2*1-7(2)5-3-4-6-7;5-3(6)1-2-4(7)8/h2*3-6H2,1-2H3;1-2H,(H,5,6)(H,7,8)/q2*+1;/p-2. The fourth-order valence-corrected chi connectivity index (χ4v) is 2.52. The lowest BCUT2D eigenvalue weighted by Crippen LogP contribution is -2.35. The van der Waals surface area contributed by atoms with Crippen molar-refractivity contribution in [3.05, 3.63) is 12.2 Å². The van der Waals surface area contributed by atoms with Gasteiger partial charge < -0.3 is 28.8 Å². The largest absolute Gasteiger partial charge is 0.545 e. The first kappa shape index (κ1) is 20.6. The Hall–Kier alpha value is -1.40. The molecule has 0 bridgehead atoms. The van der Waals surface area contributed by atoms with Crippen LogP contribution in [0.1, 0.15) is 25.7 Å². The average molecular weight is 314 g/mol. The summed E-state index contributed by atoms with van der Waals surface area (Å²) >= 11 is 0. The summed E-state index contributed by atoms with van der Waals surface area (Å²) in [5.74, 6) is -3.09. The second-order valence-electron chi connectivity index (χ2n) is 7.15. The van der Waals surface area contributed by atoms with E-state index in [-0.39, 0.29) is 0 Å². The lowest BCUT2D eigenvalue weighted by molar-refractivity contribution is -0.877. The topological polar surface area (TPSA) is 80.3 Å². The van der Waals surface area contributed by atoms with Crippen molar-refractivity contribution in [2.45, 2.75) is 25.7 Å². The highest BCUT2D eigenvalue weighted by Gasteiger charge is 2.20. The van der Waals surface area contributed by atoms with Crippen LogP contribution in [0.15, 0.2) is 12.2 Å². The normalized spacial score (nSPS) is 21.5. The molecule has 6 heteroatoms. The number of hydrogen-bond donors (Lipinski definition) is 0. The van der Waals surface area contributed by atoms with Crippen LogP contribution in [0.2, 0.25) is 0 Å². The van der Waals surface area contributed by atoms with Crippen molar-refractivity contribution in [3.8, 4) is 0 Å². The van der Waals surface area contributed by atoms with Crippen LogP contribution in [-0.2, 0) is 9.59 Å². The van der Waals surface area contributed by atoms with E-state index in [1.54, 1.807) is 0 Å². The molecule has 0 aliphatic carbocycles. The number of carbonyl (C=O) groups is 2. The molecule has 0 aromatic rings. The number of carboxylic acids is 2. The van der Waals surface area contributed by atoms with Gasteiger partial charge in [0.1, 0.15) is 0 Å². The zero-order chi connectivity index (χ0) is 17.2. The highest BCUT2D eigenvalue weighted by molar-refractivity contribution is 5.87. The monoisotopic (exact) mass is 314 g/mol. The van der Waals surface area contributed by atoms with Gasteiger partial charge in [-0.3, -0.25) is 0 Å². The average Bonchev–Trinajstić information content (AvgIpc) is 2.96. The fourth-order valence-electron chi connectivity index (χ4n) is 2.52. The first-order chi connectivity index (χ1) is 10.0. The maximum atomic E-state index is 9.41. The van der Waals surface area contributed by atoms with Gasteiger partial charge in [0.05, 0.1) is 66.3 Å². The van der Waals surface area contributed by atoms with Gasteiger partial charge in [0, 0.05) is 25.7 Å². The smallest absolute Gasteiger partial charge is 0.0784 e. The minimum atomic E-state index is -1.55. The van der Waals surface area contributed by atoms with Crippen molar-refractivity contribution in [3.63, 3.8) is 0 Å². The van der Waals surface area contributed by atoms with Gasteiger partial charge in [0.2, 0.25) is 0 Å². The predicted molar refractivity (Wildman–Crippen MR) is 81.3 cm³/mol. The maximum Gasteiger partial charge on any atom is 0.0784 e. The number of likely N-dealkylation sites (tertiary alicyclic amines) is 2. The van der Waals surface area contributed by atoms with E-state index >= 15 is 0 Å². The van der Waals surface area contributed by atoms with Crippen LogP contribution < -0.4 is 10.2 Å². The van der Waals surface area contributed by atoms with Gasteiger partial charge in [0.15, 0.2) is 0 Å². The molecule has 2 fully saturated rings. The lowest BCUT2D eigenvalue weighted by Gasteiger charge is -2.21. The molecule has 0 N–H and O–H groups in total. The van der Waals surface area contributed by atoms with Gasteiger partial charge >= 0.3 is 0 Å². The summed E-state index contributed by atoms with van der Waals surface area (Å²) in [6.45, 7) is 5.56. The van der Waals surface area contributed by atoms with Crippen molar-refractivity contribution >= 4 is 11.9 Å². The predicted octanol–water partition coefficient (Wildman–Crippen LogP) is -1.24. The molecule has 0 aromatic carbocycles. The number of rotatable bonds is 2. The summed E-state index contributed by atoms with van der Waals surface area (Å²) in [4.78, 5) is 18.8. The van der Waals surface area contributed by atoms with E-state index in [0.717, 1.165) is 0 Å². The Morgan fingerprint density at radius 3 is 1.00 bits per heavy atom. The summed E-state index contributed by atoms with van der Waals surface area (Å²) in [6.07, 6.45) is 6.52. The van der Waals surface area contributed by atoms with Crippen LogP contribution >= 0.6 is 0 Å². The molecule has 6 nitrogen and oxygen atoms in total. The molecule has 2 saturated heterocycles. The molecule has 128 valence electrons. The van der Waals surface area contributed by atoms with Crippen molar-refractivity contribution < 1.29 is 28.8 Å². The molecule has 2 heterocycles. The molecule has 2 aliphatic heterocycles. The molecule has 0 unspecified atom stereocenters. The molecular formula is C16H30N2O4. The van der Waals surface area contributed by atoms with Crippen molar-refractivity contribution in [1.29, 1.82) is 0 Å². The summed E-state index contributed by atoms with van der Waals surface area (Å²) in [7, 11) is 9.19. The third-order valence-corrected chi connectivity index (χ3v) is 3.91. The molecule has 2 rings (SSSR count). The summed E-state index contributed by atoms with van der Waals surface area (Å²) in [5, 5.41) is 18.8. The highest BCUT2D eigenvalue weighted by atomic mass is 16.4. The van der Waals surface area contributed by atoms with Gasteiger partial charge in [0.25, 0.3) is 0 Å². The Morgan fingerprint density at radius 2 is 0.909 bits per heavy atom. The minimum absolute atomic E-state index is 0.384. The van der Waals surface area contributed by atoms with Gasteiger partial charge in [-0.15, -0.1) is 0 Å². The van der Waals surface area contributed by atoms with Crippen LogP contribution in [0.5, 0.6) is 0 Å². The molecule has 0 aromatic heterocycles. The van der Waals surface area contributed by atoms with Crippen LogP contribution in [0.3, 0.4) is 0 Å². The van der Waals surface area contributed by atoms with Gasteiger partial charge in [-0.05, 0) is 12.2 Å². The van der Waals surface area contributed by atoms with E-state index in [1.807, 2.05) is 0 Å². The van der Waals surface area contributed by atoms with Gasteiger partial charge in [-0.25, -0.2) is 0 Å². The molecule has 0 atom stereocenters. The Morgan fingerprint density at radius 1 is 0.682 bits per heavy atom. The van der Waals surface area contributed by atoms with Crippen LogP contribution in [-0.4, -0.2) is 75.3 Å². The number of quaternary nitrogens is 2. The van der Waals surface area contributed by atoms with E-state index < -0.39 is 11.9 Å². The molecule has 0 amide bonds. The first-order valence-electron chi connectivity index (χ1n) is 7.78. The van der Waals surface area contributed by atoms with E-state index in [2.05, 4.69) is 28.2 Å². The molecule has 0 saturated carbocycles. The Balaban J connectivity index is 0.000000301. The van der Waals surface area contributed by atoms with Crippen molar-refractivity contribution in [1.82, 2.24) is 0 Å². The zero-order valence-corrected chi connectivity index (χ0v) is 14.3. The van der Waals surface area contributed by atoms with Crippen LogP contribution in [0.25, 0.3) is 0 Å². The van der Waals surface area contributed by atoms with Crippen LogP contribution in [0, 0.1) is 0 Å². The first-order valence-corrected chi connectivity index (χ1v) is 7.78. The lowest BCUT2D eigenvalue weighted by atomic mass is 10.4. The van der Waals surface area contributed by atoms with Gasteiger partial charge in [-0.2, -0.15) is 0 Å². The Kier molecular flexibility index (Phi) is 8.97. The number of hydrogen-bond acceptors (Lipinski definition) is 4. The minimum Gasteiger partial charge on any atom is -0.545 e. The summed E-state index contributed by atoms with van der Waals surface area (Å²) < 4.78 is 2.50. The fraction of sp³-hybridized carbons (Fsp3) is 0.750. The molecular weight excluding hydrogens is 284 g/mol. The third-order valence-electron chi connectivity index (χ3n) is 3.91. The number of nitrogens with zero attached hydrogens (tertiary/aromatic N) is 2. The third kappa shape index (κ3) is 12.3. The van der Waals surface area contributed by atoms with Gasteiger partial charge in [-0.1, -0.05) is 0 Å². The zero-order valence-electron chi connectivity index (χ0n) is 14.3. The van der Waals surface area contributed by atoms with E-state index in [9.17, 15) is 19.8 Å². The van der Waals surface area contributed by atoms with E-state index in [4.69, 9.17) is 0 Å². The molecule has 0 radical (unpaired) electrons. The number of carboxylic acid groups (broad SMARTS) is 2. The summed E-state index contributed by atoms with van der Waals surface area (Å²) in [5.41, 5.74) is 0. The number of aliphatic carboxylic acids is 2. The van der Waals surface area contributed by atoms with E-state index in [1.165, 1.54) is 60.8 Å². The maximum absolute atomic E-state index is 9.41. The Labute approximate surface area is 133 Å². The van der Waals surface area contributed by atoms with Crippen molar-refractivity contribution in [2.75, 3.05) is 54.4 Å². The van der Waals surface area contributed by atoms with E-state index in [0.29, 0.717) is 12.2 Å². The highest BCUT2D eigenvalue weighted by Crippen LogP contribution is 2.11. The Bertz CT molecular complexity index is 338. The molecule has 0 spiro atoms. The second kappa shape index (κ2) is 9.58. The summed E-state index contributed by atoms with van der Waals surface area (Å²) in [6, 6.07) is 0. The number of carbonyl (C=O) groups excluding carboxylic acids is 2. The quantitative estimate of drug-likeness (QED) is 0.471. The van der Waals surface area contributed by atoms with Crippen molar-refractivity contribution in [2.24, 2.45) is 0 Å².